The lowest BCUT2D eigenvalue weighted by Gasteiger charge is -2.33. The van der Waals surface area contributed by atoms with E-state index in [1.165, 1.54) is 12.1 Å². The van der Waals surface area contributed by atoms with E-state index in [9.17, 15) is 14.1 Å². The van der Waals surface area contributed by atoms with Gasteiger partial charge < -0.3 is 19.4 Å². The molecule has 3 aromatic carbocycles. The molecule has 0 spiro atoms. The van der Waals surface area contributed by atoms with Crippen LogP contribution in [0.25, 0.3) is 22.2 Å². The van der Waals surface area contributed by atoms with Gasteiger partial charge in [-0.15, -0.1) is 0 Å². The summed E-state index contributed by atoms with van der Waals surface area (Å²) in [4.78, 5) is 31.1. The van der Waals surface area contributed by atoms with Crippen LogP contribution in [0.3, 0.4) is 0 Å². The lowest BCUT2D eigenvalue weighted by atomic mass is 10.0. The van der Waals surface area contributed by atoms with E-state index < -0.39 is 22.5 Å². The molecule has 3 N–H and O–H groups in total. The molecule has 4 aromatic rings. The van der Waals surface area contributed by atoms with Crippen LogP contribution in [0.15, 0.2) is 69.1 Å². The number of hydrogen-bond donors (Lipinski definition) is 3. The lowest BCUT2D eigenvalue weighted by molar-refractivity contribution is 0.599. The van der Waals surface area contributed by atoms with E-state index in [1.807, 2.05) is 24.3 Å². The molecule has 0 radical (unpaired) electrons. The Kier molecular flexibility index (Phi) is 5.65. The van der Waals surface area contributed by atoms with Crippen LogP contribution in [0, 0.1) is 6.92 Å². The highest BCUT2D eigenvalue weighted by molar-refractivity contribution is 7.92. The van der Waals surface area contributed by atoms with Gasteiger partial charge in [0.05, 0.1) is 21.7 Å². The summed E-state index contributed by atoms with van der Waals surface area (Å²) in [5, 5.41) is 0.551. The molecule has 5 rings (SSSR count). The summed E-state index contributed by atoms with van der Waals surface area (Å²) in [6.07, 6.45) is 1.22. The van der Waals surface area contributed by atoms with Gasteiger partial charge in [-0.3, -0.25) is 9.59 Å². The molecule has 0 saturated carbocycles. The summed E-state index contributed by atoms with van der Waals surface area (Å²) >= 11 is 4.98. The van der Waals surface area contributed by atoms with Crippen molar-refractivity contribution < 1.29 is 4.55 Å². The molecule has 168 valence electrons. The number of fused-ring (bicyclic) bond motifs is 1. The number of hydrogen-bond acceptors (Lipinski definition) is 5. The van der Waals surface area contributed by atoms with Gasteiger partial charge in [0.15, 0.2) is 4.90 Å². The van der Waals surface area contributed by atoms with E-state index in [0.717, 1.165) is 24.2 Å². The van der Waals surface area contributed by atoms with E-state index in [2.05, 4.69) is 31.7 Å². The Hall–Kier alpha value is -3.20. The number of benzene rings is 3. The maximum Gasteiger partial charge on any atom is 0.314 e. The van der Waals surface area contributed by atoms with E-state index in [4.69, 9.17) is 11.6 Å². The number of nitrogens with one attached hydrogen (secondary N) is 3. The molecular weight excluding hydrogens is 460 g/mol. The van der Waals surface area contributed by atoms with Crippen molar-refractivity contribution in [2.45, 2.75) is 18.2 Å². The quantitative estimate of drug-likeness (QED) is 0.293. The van der Waals surface area contributed by atoms with Gasteiger partial charge in [-0.05, 0) is 49.2 Å². The SMILES string of the molecule is Cc1cc2[nH]c(=O)c(=O)[nH]c2cc1[S+]([O-])Nc1ccc(-c2cccc(N3CCC3)c2)c(Cl)c1. The van der Waals surface area contributed by atoms with Crippen molar-refractivity contribution in [3.63, 3.8) is 0 Å². The maximum atomic E-state index is 13.0. The topological polar surface area (TPSA) is 104 Å². The third kappa shape index (κ3) is 4.25. The van der Waals surface area contributed by atoms with Crippen molar-refractivity contribution in [1.82, 2.24) is 9.97 Å². The molecule has 1 fully saturated rings. The first-order valence-corrected chi connectivity index (χ1v) is 12.0. The third-order valence-electron chi connectivity index (χ3n) is 5.78. The van der Waals surface area contributed by atoms with Gasteiger partial charge in [0.1, 0.15) is 11.4 Å². The van der Waals surface area contributed by atoms with Crippen LogP contribution in [0.5, 0.6) is 0 Å². The number of aromatic amines is 2. The molecule has 9 heteroatoms. The summed E-state index contributed by atoms with van der Waals surface area (Å²) in [5.41, 5.74) is 3.84. The van der Waals surface area contributed by atoms with Crippen molar-refractivity contribution >= 4 is 45.4 Å². The summed E-state index contributed by atoms with van der Waals surface area (Å²) in [7, 11) is 0. The fourth-order valence-electron chi connectivity index (χ4n) is 3.87. The monoisotopic (exact) mass is 480 g/mol. The normalized spacial score (nSPS) is 14.2. The predicted octanol–water partition coefficient (Wildman–Crippen LogP) is 4.19. The van der Waals surface area contributed by atoms with E-state index in [1.54, 1.807) is 25.1 Å². The number of nitrogens with zero attached hydrogens (tertiary/aromatic N) is 1. The first-order chi connectivity index (χ1) is 15.9. The number of H-pyrrole nitrogens is 2. The Balaban J connectivity index is 1.40. The van der Waals surface area contributed by atoms with Crippen molar-refractivity contribution in [3.05, 3.63) is 85.9 Å². The lowest BCUT2D eigenvalue weighted by Crippen LogP contribution is -2.36. The van der Waals surface area contributed by atoms with Gasteiger partial charge in [-0.25, -0.2) is 4.72 Å². The molecule has 0 aliphatic carbocycles. The molecule has 1 unspecified atom stereocenters. The second kappa shape index (κ2) is 8.62. The minimum Gasteiger partial charge on any atom is -0.588 e. The molecular formula is C24H21ClN4O3S. The Labute approximate surface area is 197 Å². The highest BCUT2D eigenvalue weighted by atomic mass is 35.5. The minimum atomic E-state index is -1.61. The first-order valence-electron chi connectivity index (χ1n) is 10.5. The van der Waals surface area contributed by atoms with Crippen molar-refractivity contribution in [1.29, 1.82) is 0 Å². The highest BCUT2D eigenvalue weighted by Crippen LogP contribution is 2.34. The van der Waals surface area contributed by atoms with E-state index in [0.29, 0.717) is 32.2 Å². The Morgan fingerprint density at radius 3 is 2.39 bits per heavy atom. The van der Waals surface area contributed by atoms with E-state index >= 15 is 0 Å². The number of anilines is 2. The Morgan fingerprint density at radius 1 is 1.00 bits per heavy atom. The number of aromatic nitrogens is 2. The summed E-state index contributed by atoms with van der Waals surface area (Å²) < 4.78 is 16.0. The van der Waals surface area contributed by atoms with Gasteiger partial charge in [0.25, 0.3) is 0 Å². The van der Waals surface area contributed by atoms with Gasteiger partial charge in [0, 0.05) is 36.0 Å². The Bertz CT molecular complexity index is 1480. The van der Waals surface area contributed by atoms with Crippen molar-refractivity contribution in [2.75, 3.05) is 22.7 Å². The molecule has 0 amide bonds. The third-order valence-corrected chi connectivity index (χ3v) is 7.35. The molecule has 2 heterocycles. The van der Waals surface area contributed by atoms with Crippen LogP contribution < -0.4 is 20.7 Å². The van der Waals surface area contributed by atoms with E-state index in [-0.39, 0.29) is 0 Å². The zero-order valence-corrected chi connectivity index (χ0v) is 19.3. The maximum absolute atomic E-state index is 13.0. The summed E-state index contributed by atoms with van der Waals surface area (Å²) in [5.74, 6) is 0. The van der Waals surface area contributed by atoms with Crippen molar-refractivity contribution in [2.24, 2.45) is 0 Å². The first kappa shape index (κ1) is 21.6. The summed E-state index contributed by atoms with van der Waals surface area (Å²) in [6, 6.07) is 17.1. The number of halogens is 1. The molecule has 1 saturated heterocycles. The molecule has 33 heavy (non-hydrogen) atoms. The van der Waals surface area contributed by atoms with Crippen molar-refractivity contribution in [3.8, 4) is 11.1 Å². The Morgan fingerprint density at radius 2 is 1.73 bits per heavy atom. The van der Waals surface area contributed by atoms with Crippen LogP contribution >= 0.6 is 11.6 Å². The molecule has 1 aliphatic rings. The zero-order chi connectivity index (χ0) is 23.1. The number of rotatable bonds is 5. The smallest absolute Gasteiger partial charge is 0.314 e. The highest BCUT2D eigenvalue weighted by Gasteiger charge is 2.19. The minimum absolute atomic E-state index is 0.408. The van der Waals surface area contributed by atoms with Gasteiger partial charge in [-0.1, -0.05) is 29.8 Å². The zero-order valence-electron chi connectivity index (χ0n) is 17.8. The van der Waals surface area contributed by atoms with Crippen LogP contribution in [0.2, 0.25) is 5.02 Å². The summed E-state index contributed by atoms with van der Waals surface area (Å²) in [6.45, 7) is 3.94. The van der Waals surface area contributed by atoms with Crippen LogP contribution in [0.1, 0.15) is 12.0 Å². The molecule has 1 aliphatic heterocycles. The molecule has 7 nitrogen and oxygen atoms in total. The molecule has 0 bridgehead atoms. The van der Waals surface area contributed by atoms with Gasteiger partial charge >= 0.3 is 11.1 Å². The van der Waals surface area contributed by atoms with Gasteiger partial charge in [-0.2, -0.15) is 0 Å². The second-order valence-electron chi connectivity index (χ2n) is 8.03. The average molecular weight is 481 g/mol. The molecule has 1 aromatic heterocycles. The van der Waals surface area contributed by atoms with Gasteiger partial charge in [0.2, 0.25) is 0 Å². The fraction of sp³-hybridized carbons (Fsp3) is 0.167. The largest absolute Gasteiger partial charge is 0.588 e. The van der Waals surface area contributed by atoms with Crippen LogP contribution in [0.4, 0.5) is 11.4 Å². The predicted molar refractivity (Wildman–Crippen MR) is 134 cm³/mol. The average Bonchev–Trinajstić information content (AvgIpc) is 2.73. The standard InChI is InChI=1S/C24H21ClN4O3S/c1-14-10-20-21(27-24(31)23(30)26-20)13-22(14)33(32)28-16-6-7-18(19(25)12-16)15-4-2-5-17(11-15)29-8-3-9-29/h2,4-7,10-13,28H,3,8-9H2,1H3,(H,26,30)(H,27,31). The molecule has 1 atom stereocenters. The fourth-order valence-corrected chi connectivity index (χ4v) is 5.19. The second-order valence-corrected chi connectivity index (χ2v) is 9.62. The number of aryl methyl sites for hydroxylation is 1. The van der Waals surface area contributed by atoms with Crippen LogP contribution in [-0.4, -0.2) is 27.6 Å². The van der Waals surface area contributed by atoms with Crippen LogP contribution in [-0.2, 0) is 11.4 Å².